The fourth-order valence-electron chi connectivity index (χ4n) is 4.32. The molecule has 5 nitrogen and oxygen atoms in total. The van der Waals surface area contributed by atoms with E-state index in [4.69, 9.17) is 14.2 Å². The lowest BCUT2D eigenvalue weighted by molar-refractivity contribution is -0.870. The van der Waals surface area contributed by atoms with Crippen LogP contribution in [-0.2, 0) is 19.0 Å². The van der Waals surface area contributed by atoms with Crippen molar-refractivity contribution in [3.8, 4) is 0 Å². The molecule has 0 N–H and O–H groups in total. The van der Waals surface area contributed by atoms with E-state index in [-0.39, 0.29) is 12.1 Å². The molecule has 210 valence electrons. The van der Waals surface area contributed by atoms with Gasteiger partial charge in [-0.3, -0.25) is 4.79 Å². The minimum absolute atomic E-state index is 0.269. The highest BCUT2D eigenvalue weighted by Crippen LogP contribution is 2.13. The SMILES string of the molecule is CCCCCCCCCCCCCCCCCCOCC(COCCCC[N+](C)(C)C)OC(C)=O. The predicted molar refractivity (Wildman–Crippen MR) is 149 cm³/mol. The zero-order valence-electron chi connectivity index (χ0n) is 24.4. The van der Waals surface area contributed by atoms with Crippen molar-refractivity contribution < 1.29 is 23.5 Å². The highest BCUT2D eigenvalue weighted by molar-refractivity contribution is 5.66. The van der Waals surface area contributed by atoms with Gasteiger partial charge in [0.15, 0.2) is 0 Å². The Kier molecular flexibility index (Phi) is 24.6. The second-order valence-electron chi connectivity index (χ2n) is 11.4. The maximum atomic E-state index is 11.4. The maximum absolute atomic E-state index is 11.4. The quantitative estimate of drug-likeness (QED) is 0.0658. The molecule has 0 rings (SSSR count). The van der Waals surface area contributed by atoms with Gasteiger partial charge in [-0.25, -0.2) is 0 Å². The molecule has 0 saturated heterocycles. The minimum atomic E-state index is -0.299. The lowest BCUT2D eigenvalue weighted by atomic mass is 10.0. The van der Waals surface area contributed by atoms with Crippen molar-refractivity contribution in [2.75, 3.05) is 54.1 Å². The summed E-state index contributed by atoms with van der Waals surface area (Å²) in [7, 11) is 6.61. The normalized spacial score (nSPS) is 12.7. The third kappa shape index (κ3) is 29.5. The average Bonchev–Trinajstić information content (AvgIpc) is 2.79. The van der Waals surface area contributed by atoms with E-state index in [1.807, 2.05) is 0 Å². The number of hydrogen-bond donors (Lipinski definition) is 0. The summed E-state index contributed by atoms with van der Waals surface area (Å²) in [4.78, 5) is 11.4. The van der Waals surface area contributed by atoms with Gasteiger partial charge in [0.1, 0.15) is 6.10 Å². The Balaban J connectivity index is 3.47. The Hall–Kier alpha value is -0.650. The first-order valence-corrected chi connectivity index (χ1v) is 15.0. The largest absolute Gasteiger partial charge is 0.458 e. The summed E-state index contributed by atoms with van der Waals surface area (Å²) in [6, 6.07) is 0. The standard InChI is InChI=1S/C30H62NO4/c1-6-7-8-9-10-11-12-13-14-15-16-17-18-19-20-22-25-33-27-30(35-29(2)32)28-34-26-23-21-24-31(3,4)5/h30H,6-28H2,1-5H3/q+1. The summed E-state index contributed by atoms with van der Waals surface area (Å²) < 4.78 is 17.8. The van der Waals surface area contributed by atoms with Gasteiger partial charge in [0, 0.05) is 20.1 Å². The van der Waals surface area contributed by atoms with Gasteiger partial charge in [-0.2, -0.15) is 0 Å². The van der Waals surface area contributed by atoms with E-state index < -0.39 is 0 Å². The van der Waals surface area contributed by atoms with E-state index in [2.05, 4.69) is 28.1 Å². The third-order valence-electron chi connectivity index (χ3n) is 6.45. The summed E-state index contributed by atoms with van der Waals surface area (Å²) in [5, 5.41) is 0. The Morgan fingerprint density at radius 1 is 0.600 bits per heavy atom. The summed E-state index contributed by atoms with van der Waals surface area (Å²) >= 11 is 0. The van der Waals surface area contributed by atoms with E-state index in [9.17, 15) is 4.79 Å². The fraction of sp³-hybridized carbons (Fsp3) is 0.967. The number of ether oxygens (including phenoxy) is 3. The van der Waals surface area contributed by atoms with Crippen LogP contribution in [0.5, 0.6) is 0 Å². The first-order valence-electron chi connectivity index (χ1n) is 15.0. The highest BCUT2D eigenvalue weighted by Gasteiger charge is 2.13. The van der Waals surface area contributed by atoms with Gasteiger partial charge < -0.3 is 18.7 Å². The van der Waals surface area contributed by atoms with Crippen LogP contribution >= 0.6 is 0 Å². The van der Waals surface area contributed by atoms with E-state index in [0.717, 1.165) is 36.9 Å². The molecule has 0 aromatic carbocycles. The average molecular weight is 501 g/mol. The zero-order chi connectivity index (χ0) is 26.0. The van der Waals surface area contributed by atoms with Crippen LogP contribution in [0.1, 0.15) is 129 Å². The number of unbranched alkanes of at least 4 members (excludes halogenated alkanes) is 16. The number of esters is 1. The fourth-order valence-corrected chi connectivity index (χ4v) is 4.32. The molecule has 0 fully saturated rings. The molecule has 0 saturated carbocycles. The third-order valence-corrected chi connectivity index (χ3v) is 6.45. The van der Waals surface area contributed by atoms with Gasteiger partial charge >= 0.3 is 5.97 Å². The number of carbonyl (C=O) groups excluding carboxylic acids is 1. The van der Waals surface area contributed by atoms with Crippen molar-refractivity contribution in [1.82, 2.24) is 0 Å². The molecule has 35 heavy (non-hydrogen) atoms. The molecule has 1 atom stereocenters. The van der Waals surface area contributed by atoms with Crippen LogP contribution in [0.3, 0.4) is 0 Å². The molecule has 5 heteroatoms. The van der Waals surface area contributed by atoms with Crippen molar-refractivity contribution >= 4 is 5.97 Å². The van der Waals surface area contributed by atoms with Gasteiger partial charge in [0.2, 0.25) is 0 Å². The van der Waals surface area contributed by atoms with Gasteiger partial charge in [0.25, 0.3) is 0 Å². The van der Waals surface area contributed by atoms with Crippen molar-refractivity contribution in [1.29, 1.82) is 0 Å². The Labute approximate surface area is 219 Å². The second kappa shape index (κ2) is 25.0. The van der Waals surface area contributed by atoms with Crippen LogP contribution in [0.15, 0.2) is 0 Å². The van der Waals surface area contributed by atoms with Gasteiger partial charge in [0.05, 0.1) is 40.9 Å². The maximum Gasteiger partial charge on any atom is 0.303 e. The molecule has 0 spiro atoms. The van der Waals surface area contributed by atoms with Crippen molar-refractivity contribution in [2.24, 2.45) is 0 Å². The molecule has 0 aromatic heterocycles. The van der Waals surface area contributed by atoms with Crippen LogP contribution in [-0.4, -0.2) is 70.7 Å². The van der Waals surface area contributed by atoms with Gasteiger partial charge in [-0.15, -0.1) is 0 Å². The molecule has 0 radical (unpaired) electrons. The van der Waals surface area contributed by atoms with Crippen molar-refractivity contribution in [2.45, 2.75) is 136 Å². The van der Waals surface area contributed by atoms with Crippen LogP contribution in [0.2, 0.25) is 0 Å². The summed E-state index contributed by atoms with van der Waals surface area (Å²) in [6.07, 6.45) is 23.8. The number of nitrogens with zero attached hydrogens (tertiary/aromatic N) is 1. The van der Waals surface area contributed by atoms with E-state index >= 15 is 0 Å². The molecule has 0 aliphatic heterocycles. The minimum Gasteiger partial charge on any atom is -0.458 e. The number of hydrogen-bond acceptors (Lipinski definition) is 4. The van der Waals surface area contributed by atoms with E-state index in [1.165, 1.54) is 103 Å². The molecule has 0 aromatic rings. The summed E-state index contributed by atoms with van der Waals surface area (Å²) in [6.45, 7) is 7.16. The smallest absolute Gasteiger partial charge is 0.303 e. The Morgan fingerprint density at radius 3 is 1.34 bits per heavy atom. The van der Waals surface area contributed by atoms with Crippen molar-refractivity contribution in [3.05, 3.63) is 0 Å². The molecule has 0 amide bonds. The molecular weight excluding hydrogens is 438 g/mol. The van der Waals surface area contributed by atoms with E-state index in [1.54, 1.807) is 0 Å². The van der Waals surface area contributed by atoms with Crippen LogP contribution in [0, 0.1) is 0 Å². The highest BCUT2D eigenvalue weighted by atomic mass is 16.6. The molecular formula is C30H62NO4+. The first-order chi connectivity index (χ1) is 16.8. The number of quaternary nitrogens is 1. The van der Waals surface area contributed by atoms with Crippen LogP contribution < -0.4 is 0 Å². The molecule has 0 bridgehead atoms. The lowest BCUT2D eigenvalue weighted by Crippen LogP contribution is -2.35. The zero-order valence-corrected chi connectivity index (χ0v) is 24.4. The topological polar surface area (TPSA) is 44.8 Å². The summed E-state index contributed by atoms with van der Waals surface area (Å²) in [5.74, 6) is -0.269. The van der Waals surface area contributed by atoms with Gasteiger partial charge in [-0.1, -0.05) is 103 Å². The number of rotatable bonds is 27. The summed E-state index contributed by atoms with van der Waals surface area (Å²) in [5.41, 5.74) is 0. The van der Waals surface area contributed by atoms with Crippen LogP contribution in [0.25, 0.3) is 0 Å². The molecule has 1 unspecified atom stereocenters. The van der Waals surface area contributed by atoms with E-state index in [0.29, 0.717) is 19.8 Å². The monoisotopic (exact) mass is 500 g/mol. The Morgan fingerprint density at radius 2 is 0.971 bits per heavy atom. The van der Waals surface area contributed by atoms with Crippen molar-refractivity contribution in [3.63, 3.8) is 0 Å². The lowest BCUT2D eigenvalue weighted by Gasteiger charge is -2.23. The second-order valence-corrected chi connectivity index (χ2v) is 11.4. The first kappa shape index (κ1) is 34.4. The molecule has 0 aliphatic carbocycles. The Bertz CT molecular complexity index is 450. The number of carbonyl (C=O) groups is 1. The molecule has 0 heterocycles. The van der Waals surface area contributed by atoms with Crippen LogP contribution in [0.4, 0.5) is 0 Å². The molecule has 0 aliphatic rings. The van der Waals surface area contributed by atoms with Gasteiger partial charge in [-0.05, 0) is 19.3 Å². The predicted octanol–water partition coefficient (Wildman–Crippen LogP) is 7.70.